The predicted octanol–water partition coefficient (Wildman–Crippen LogP) is 1.48. The maximum Gasteiger partial charge on any atom is 0.240 e. The molecule has 0 saturated heterocycles. The number of anilines is 2. The Hall–Kier alpha value is -2.06. The molecule has 2 rings (SSSR count). The summed E-state index contributed by atoms with van der Waals surface area (Å²) in [5.74, 6) is 0.711. The maximum atomic E-state index is 12.0. The molecule has 2 aromatic rings. The van der Waals surface area contributed by atoms with Gasteiger partial charge < -0.3 is 15.6 Å². The van der Waals surface area contributed by atoms with Gasteiger partial charge in [-0.3, -0.25) is 0 Å². The summed E-state index contributed by atoms with van der Waals surface area (Å²) in [6.07, 6.45) is 0. The fourth-order valence-electron chi connectivity index (χ4n) is 1.82. The molecule has 0 unspecified atom stereocenters. The predicted molar refractivity (Wildman–Crippen MR) is 80.3 cm³/mol. The summed E-state index contributed by atoms with van der Waals surface area (Å²) in [5.41, 5.74) is 7.57. The van der Waals surface area contributed by atoms with Gasteiger partial charge >= 0.3 is 0 Å². The van der Waals surface area contributed by atoms with E-state index in [2.05, 4.69) is 15.2 Å². The molecule has 1 aromatic heterocycles. The Kier molecular flexibility index (Phi) is 4.49. The van der Waals surface area contributed by atoms with Crippen LogP contribution in [0.5, 0.6) is 0 Å². The fraction of sp³-hybridized carbons (Fsp3) is 0.308. The van der Waals surface area contributed by atoms with E-state index in [0.29, 0.717) is 35.9 Å². The number of nitrogens with two attached hydrogens (primary N) is 1. The summed E-state index contributed by atoms with van der Waals surface area (Å²) >= 11 is 0. The van der Waals surface area contributed by atoms with Crippen LogP contribution in [0.1, 0.15) is 18.4 Å². The van der Waals surface area contributed by atoms with Gasteiger partial charge in [-0.05, 0) is 25.1 Å². The van der Waals surface area contributed by atoms with Gasteiger partial charge in [0, 0.05) is 12.6 Å². The van der Waals surface area contributed by atoms with Crippen molar-refractivity contribution < 1.29 is 12.9 Å². The Morgan fingerprint density at radius 2 is 2.10 bits per heavy atom. The molecule has 0 amide bonds. The second-order valence-electron chi connectivity index (χ2n) is 4.53. The standard InChI is InChI=1S/C13H18N4O3S/c1-3-16-21(18,19)11-4-5-12(14)13(7-11)15-8-10-6-9(2)20-17-10/h4-7,15-16H,3,8,14H2,1-2H3. The van der Waals surface area contributed by atoms with E-state index in [1.807, 2.05) is 0 Å². The van der Waals surface area contributed by atoms with Crippen LogP contribution in [-0.4, -0.2) is 20.1 Å². The van der Waals surface area contributed by atoms with Gasteiger partial charge in [0.2, 0.25) is 10.0 Å². The third-order valence-electron chi connectivity index (χ3n) is 2.81. The average Bonchev–Trinajstić information content (AvgIpc) is 2.83. The molecule has 0 aliphatic heterocycles. The second-order valence-corrected chi connectivity index (χ2v) is 6.30. The van der Waals surface area contributed by atoms with Crippen molar-refractivity contribution in [3.63, 3.8) is 0 Å². The molecule has 114 valence electrons. The lowest BCUT2D eigenvalue weighted by molar-refractivity contribution is 0.391. The first-order chi connectivity index (χ1) is 9.92. The number of nitrogen functional groups attached to an aromatic ring is 1. The van der Waals surface area contributed by atoms with Crippen LogP contribution >= 0.6 is 0 Å². The summed E-state index contributed by atoms with van der Waals surface area (Å²) in [5, 5.41) is 6.91. The van der Waals surface area contributed by atoms with E-state index in [1.54, 1.807) is 26.0 Å². The highest BCUT2D eigenvalue weighted by Crippen LogP contribution is 2.23. The van der Waals surface area contributed by atoms with Gasteiger partial charge in [-0.2, -0.15) is 0 Å². The van der Waals surface area contributed by atoms with Crippen molar-refractivity contribution >= 4 is 21.4 Å². The van der Waals surface area contributed by atoms with Crippen molar-refractivity contribution in [1.29, 1.82) is 0 Å². The van der Waals surface area contributed by atoms with Crippen molar-refractivity contribution in [3.8, 4) is 0 Å². The average molecular weight is 310 g/mol. The molecule has 0 atom stereocenters. The number of nitrogens with zero attached hydrogens (tertiary/aromatic N) is 1. The Labute approximate surface area is 123 Å². The van der Waals surface area contributed by atoms with Crippen LogP contribution in [-0.2, 0) is 16.6 Å². The zero-order valence-corrected chi connectivity index (χ0v) is 12.7. The van der Waals surface area contributed by atoms with Gasteiger partial charge in [-0.15, -0.1) is 0 Å². The van der Waals surface area contributed by atoms with E-state index >= 15 is 0 Å². The molecule has 7 nitrogen and oxygen atoms in total. The molecule has 0 saturated carbocycles. The summed E-state index contributed by atoms with van der Waals surface area (Å²) in [6, 6.07) is 6.32. The number of nitrogens with one attached hydrogen (secondary N) is 2. The fourth-order valence-corrected chi connectivity index (χ4v) is 2.88. The zero-order chi connectivity index (χ0) is 15.5. The second kappa shape index (κ2) is 6.15. The third kappa shape index (κ3) is 3.73. The molecule has 0 radical (unpaired) electrons. The normalized spacial score (nSPS) is 11.5. The zero-order valence-electron chi connectivity index (χ0n) is 11.9. The van der Waals surface area contributed by atoms with Gasteiger partial charge in [0.15, 0.2) is 0 Å². The lowest BCUT2D eigenvalue weighted by atomic mass is 10.2. The molecule has 0 fully saturated rings. The number of hydrogen-bond donors (Lipinski definition) is 3. The van der Waals surface area contributed by atoms with E-state index in [-0.39, 0.29) is 4.90 Å². The minimum Gasteiger partial charge on any atom is -0.397 e. The van der Waals surface area contributed by atoms with Crippen LogP contribution in [0.15, 0.2) is 33.7 Å². The van der Waals surface area contributed by atoms with Crippen LogP contribution in [0.25, 0.3) is 0 Å². The number of rotatable bonds is 6. The maximum absolute atomic E-state index is 12.0. The largest absolute Gasteiger partial charge is 0.397 e. The highest BCUT2D eigenvalue weighted by atomic mass is 32.2. The van der Waals surface area contributed by atoms with E-state index < -0.39 is 10.0 Å². The lowest BCUT2D eigenvalue weighted by Crippen LogP contribution is -2.23. The summed E-state index contributed by atoms with van der Waals surface area (Å²) in [6.45, 7) is 4.25. The molecule has 0 aliphatic carbocycles. The first kappa shape index (κ1) is 15.3. The smallest absolute Gasteiger partial charge is 0.240 e. The molecule has 0 spiro atoms. The van der Waals surface area contributed by atoms with Crippen LogP contribution in [0.3, 0.4) is 0 Å². The van der Waals surface area contributed by atoms with Crippen molar-refractivity contribution in [1.82, 2.24) is 9.88 Å². The summed E-state index contributed by atoms with van der Waals surface area (Å²) in [4.78, 5) is 0.164. The van der Waals surface area contributed by atoms with E-state index in [9.17, 15) is 8.42 Å². The molecule has 4 N–H and O–H groups in total. The van der Waals surface area contributed by atoms with Crippen LogP contribution in [0.4, 0.5) is 11.4 Å². The Balaban J connectivity index is 2.19. The molecule has 1 aromatic carbocycles. The number of sulfonamides is 1. The minimum absolute atomic E-state index is 0.164. The molecular formula is C13H18N4O3S. The molecule has 0 aliphatic rings. The first-order valence-corrected chi connectivity index (χ1v) is 7.96. The van der Waals surface area contributed by atoms with Crippen molar-refractivity contribution in [3.05, 3.63) is 35.7 Å². The molecule has 0 bridgehead atoms. The van der Waals surface area contributed by atoms with Crippen molar-refractivity contribution in [2.75, 3.05) is 17.6 Å². The highest BCUT2D eigenvalue weighted by molar-refractivity contribution is 7.89. The van der Waals surface area contributed by atoms with Gasteiger partial charge in [0.1, 0.15) is 11.5 Å². The van der Waals surface area contributed by atoms with E-state index in [0.717, 1.165) is 0 Å². The number of benzene rings is 1. The van der Waals surface area contributed by atoms with Crippen molar-refractivity contribution in [2.45, 2.75) is 25.3 Å². The topological polar surface area (TPSA) is 110 Å². The Morgan fingerprint density at radius 1 is 1.33 bits per heavy atom. The number of aryl methyl sites for hydroxylation is 1. The summed E-state index contributed by atoms with van der Waals surface area (Å²) < 4.78 is 31.3. The first-order valence-electron chi connectivity index (χ1n) is 6.47. The van der Waals surface area contributed by atoms with Gasteiger partial charge in [-0.25, -0.2) is 13.1 Å². The highest BCUT2D eigenvalue weighted by Gasteiger charge is 2.14. The third-order valence-corrected chi connectivity index (χ3v) is 4.35. The monoisotopic (exact) mass is 310 g/mol. The molecular weight excluding hydrogens is 292 g/mol. The number of aromatic nitrogens is 1. The summed E-state index contributed by atoms with van der Waals surface area (Å²) in [7, 11) is -3.51. The Morgan fingerprint density at radius 3 is 2.71 bits per heavy atom. The van der Waals surface area contributed by atoms with Gasteiger partial charge in [0.25, 0.3) is 0 Å². The van der Waals surface area contributed by atoms with Crippen molar-refractivity contribution in [2.24, 2.45) is 0 Å². The van der Waals surface area contributed by atoms with Crippen LogP contribution in [0, 0.1) is 6.92 Å². The van der Waals surface area contributed by atoms with E-state index in [1.165, 1.54) is 12.1 Å². The lowest BCUT2D eigenvalue weighted by Gasteiger charge is -2.11. The minimum atomic E-state index is -3.51. The molecule has 8 heteroatoms. The SMILES string of the molecule is CCNS(=O)(=O)c1ccc(N)c(NCc2cc(C)on2)c1. The number of hydrogen-bond acceptors (Lipinski definition) is 6. The Bertz CT molecular complexity index is 725. The quantitative estimate of drug-likeness (QED) is 0.697. The van der Waals surface area contributed by atoms with E-state index in [4.69, 9.17) is 10.3 Å². The van der Waals surface area contributed by atoms with Crippen LogP contribution in [0.2, 0.25) is 0 Å². The van der Waals surface area contributed by atoms with Gasteiger partial charge in [0.05, 0.1) is 22.8 Å². The van der Waals surface area contributed by atoms with Gasteiger partial charge in [-0.1, -0.05) is 12.1 Å². The molecule has 1 heterocycles. The van der Waals surface area contributed by atoms with Crippen LogP contribution < -0.4 is 15.8 Å². The molecule has 21 heavy (non-hydrogen) atoms.